The number of sulfonamides is 1. The van der Waals surface area contributed by atoms with Crippen molar-refractivity contribution in [2.24, 2.45) is 5.41 Å². The molecule has 3 aromatic carbocycles. The second kappa shape index (κ2) is 15.9. The highest BCUT2D eigenvalue weighted by Gasteiger charge is 2.31. The van der Waals surface area contributed by atoms with Crippen LogP contribution in [-0.2, 0) is 14.8 Å². The number of halogens is 2. The highest BCUT2D eigenvalue weighted by Crippen LogP contribution is 2.43. The minimum Gasteiger partial charge on any atom is -0.381 e. The van der Waals surface area contributed by atoms with Crippen molar-refractivity contribution in [2.45, 2.75) is 56.9 Å². The van der Waals surface area contributed by atoms with E-state index in [1.54, 1.807) is 18.0 Å². The van der Waals surface area contributed by atoms with Gasteiger partial charge in [0.2, 0.25) is 0 Å². The fraction of sp³-hybridized carbons (Fsp3) is 0.447. The summed E-state index contributed by atoms with van der Waals surface area (Å²) in [5.41, 5.74) is 5.45. The average Bonchev–Trinajstić information content (AvgIpc) is 3.12. The highest BCUT2D eigenvalue weighted by molar-refractivity contribution is 9.10. The summed E-state index contributed by atoms with van der Waals surface area (Å²) in [6.45, 7) is 10.1. The fourth-order valence-corrected chi connectivity index (χ4v) is 9.06. The third-order valence-corrected chi connectivity index (χ3v) is 12.8. The smallest absolute Gasteiger partial charge is 0.293 e. The van der Waals surface area contributed by atoms with Crippen LogP contribution in [0.25, 0.3) is 5.57 Å². The molecular weight excluding hydrogens is 770 g/mol. The van der Waals surface area contributed by atoms with Crippen LogP contribution in [0.4, 0.5) is 17.1 Å². The Morgan fingerprint density at radius 2 is 1.75 bits per heavy atom. The summed E-state index contributed by atoms with van der Waals surface area (Å²) in [7, 11) is -2.66. The number of piperazine rings is 1. The van der Waals surface area contributed by atoms with Gasteiger partial charge in [-0.15, -0.1) is 0 Å². The van der Waals surface area contributed by atoms with Crippen LogP contribution in [0.2, 0.25) is 5.02 Å². The molecule has 14 heteroatoms. The lowest BCUT2D eigenvalue weighted by molar-refractivity contribution is -0.384. The van der Waals surface area contributed by atoms with E-state index in [4.69, 9.17) is 16.3 Å². The van der Waals surface area contributed by atoms with E-state index in [2.05, 4.69) is 56.4 Å². The van der Waals surface area contributed by atoms with Crippen LogP contribution in [-0.4, -0.2) is 83.2 Å². The van der Waals surface area contributed by atoms with Gasteiger partial charge in [-0.3, -0.25) is 19.8 Å². The molecule has 3 aliphatic rings. The maximum atomic E-state index is 13.3. The van der Waals surface area contributed by atoms with Crippen molar-refractivity contribution in [2.75, 3.05) is 62.8 Å². The minimum atomic E-state index is -4.42. The van der Waals surface area contributed by atoms with Crippen LogP contribution < -0.4 is 14.5 Å². The molecule has 0 unspecified atom stereocenters. The number of carbonyl (C=O) groups excluding carboxylic acids is 1. The van der Waals surface area contributed by atoms with Crippen LogP contribution in [0.3, 0.4) is 0 Å². The summed E-state index contributed by atoms with van der Waals surface area (Å²) in [5.74, 6) is -0.838. The second-order valence-electron chi connectivity index (χ2n) is 14.7. The van der Waals surface area contributed by atoms with Gasteiger partial charge in [-0.1, -0.05) is 43.2 Å². The number of nitro groups is 1. The molecule has 11 nitrogen and oxygen atoms in total. The number of benzene rings is 3. The Kier molecular flexibility index (Phi) is 11.7. The molecule has 3 aromatic rings. The Balaban J connectivity index is 1.10. The van der Waals surface area contributed by atoms with Crippen LogP contribution in [0.1, 0.15) is 61.9 Å². The molecule has 6 rings (SSSR count). The first-order valence-corrected chi connectivity index (χ1v) is 20.3. The predicted octanol–water partition coefficient (Wildman–Crippen LogP) is 7.53. The normalized spacial score (nSPS) is 18.7. The summed E-state index contributed by atoms with van der Waals surface area (Å²) in [6, 6.07) is 17.2. The third kappa shape index (κ3) is 8.82. The molecule has 2 aliphatic heterocycles. The number of nitrogens with zero attached hydrogens (tertiary/aromatic N) is 4. The number of amides is 1. The van der Waals surface area contributed by atoms with Crippen LogP contribution in [0.15, 0.2) is 75.6 Å². The molecule has 0 bridgehead atoms. The maximum absolute atomic E-state index is 13.3. The molecule has 2 fully saturated rings. The number of nitro benzene ring substituents is 1. The lowest BCUT2D eigenvalue weighted by Crippen LogP contribution is -2.47. The third-order valence-electron chi connectivity index (χ3n) is 10.5. The first kappa shape index (κ1) is 38.2. The summed E-state index contributed by atoms with van der Waals surface area (Å²) in [4.78, 5) is 30.8. The number of nitrogens with one attached hydrogen (secondary N) is 1. The van der Waals surface area contributed by atoms with E-state index in [-0.39, 0.29) is 27.6 Å². The topological polar surface area (TPSA) is 125 Å². The summed E-state index contributed by atoms with van der Waals surface area (Å²) < 4.78 is 34.5. The molecule has 278 valence electrons. The van der Waals surface area contributed by atoms with Crippen molar-refractivity contribution in [3.63, 3.8) is 0 Å². The highest BCUT2D eigenvalue weighted by atomic mass is 79.9. The van der Waals surface area contributed by atoms with Crippen LogP contribution in [0.5, 0.6) is 0 Å². The van der Waals surface area contributed by atoms with E-state index in [0.29, 0.717) is 36.2 Å². The van der Waals surface area contributed by atoms with Crippen molar-refractivity contribution < 1.29 is 22.9 Å². The Morgan fingerprint density at radius 1 is 1.06 bits per heavy atom. The molecule has 52 heavy (non-hydrogen) atoms. The summed E-state index contributed by atoms with van der Waals surface area (Å²) in [6.07, 6.45) is 4.69. The summed E-state index contributed by atoms with van der Waals surface area (Å²) in [5, 5.41) is 12.7. The van der Waals surface area contributed by atoms with E-state index < -0.39 is 20.9 Å². The quantitative estimate of drug-likeness (QED) is 0.163. The number of carbonyl (C=O) groups is 1. The van der Waals surface area contributed by atoms with E-state index in [0.717, 1.165) is 68.8 Å². The van der Waals surface area contributed by atoms with E-state index in [1.807, 2.05) is 24.3 Å². The standard InChI is InChI=1S/C38H45BrClN5O6S/c1-38(2)15-12-27(33(24-38)26-4-6-28(40)7-5-26)25-43-16-18-44(19-17-43)30-8-10-32(34(39)22-30)37(46)41-52(49,50)31-9-11-35(36(23-31)45(47)48)42(3)29-13-20-51-21-14-29/h4-11,22-23,29H,12-21,24-25H2,1-3H3,(H,41,46). The Hall–Kier alpha value is -3.49. The molecule has 1 amide bonds. The zero-order chi connectivity index (χ0) is 37.2. The van der Waals surface area contributed by atoms with Gasteiger partial charge in [0.15, 0.2) is 0 Å². The van der Waals surface area contributed by atoms with Gasteiger partial charge >= 0.3 is 0 Å². The van der Waals surface area contributed by atoms with Crippen molar-refractivity contribution >= 4 is 66.1 Å². The monoisotopic (exact) mass is 813 g/mol. The molecule has 2 saturated heterocycles. The van der Waals surface area contributed by atoms with Gasteiger partial charge in [-0.05, 0) is 107 Å². The van der Waals surface area contributed by atoms with E-state index in [1.165, 1.54) is 28.8 Å². The maximum Gasteiger partial charge on any atom is 0.293 e. The van der Waals surface area contributed by atoms with Crippen LogP contribution >= 0.6 is 27.5 Å². The number of allylic oxidation sites excluding steroid dienone is 1. The van der Waals surface area contributed by atoms with Gasteiger partial charge in [0.1, 0.15) is 5.69 Å². The van der Waals surface area contributed by atoms with Gasteiger partial charge in [0.25, 0.3) is 21.6 Å². The molecule has 0 radical (unpaired) electrons. The number of rotatable bonds is 10. The number of anilines is 2. The van der Waals surface area contributed by atoms with Gasteiger partial charge in [-0.25, -0.2) is 13.1 Å². The SMILES string of the molecule is CN(c1ccc(S(=O)(=O)NC(=O)c2ccc(N3CCN(CC4=C(c5ccc(Cl)cc5)CC(C)(C)CC4)CC3)cc2Br)cc1[N+](=O)[O-])C1CCOCC1. The Bertz CT molecular complexity index is 1960. The number of hydrogen-bond acceptors (Lipinski definition) is 9. The zero-order valence-electron chi connectivity index (χ0n) is 29.7. The van der Waals surface area contributed by atoms with Crippen molar-refractivity contribution in [3.05, 3.63) is 97.0 Å². The van der Waals surface area contributed by atoms with Crippen molar-refractivity contribution in [1.29, 1.82) is 0 Å². The Morgan fingerprint density at radius 3 is 2.40 bits per heavy atom. The second-order valence-corrected chi connectivity index (χ2v) is 17.6. The van der Waals surface area contributed by atoms with E-state index >= 15 is 0 Å². The molecule has 0 spiro atoms. The first-order chi connectivity index (χ1) is 24.7. The van der Waals surface area contributed by atoms with Gasteiger partial charge in [0.05, 0.1) is 15.4 Å². The molecule has 0 aromatic heterocycles. The average molecular weight is 815 g/mol. The van der Waals surface area contributed by atoms with E-state index in [9.17, 15) is 23.3 Å². The molecule has 0 atom stereocenters. The lowest BCUT2D eigenvalue weighted by Gasteiger charge is -2.39. The number of ether oxygens (including phenoxy) is 1. The molecule has 0 saturated carbocycles. The summed E-state index contributed by atoms with van der Waals surface area (Å²) >= 11 is 9.67. The molecular formula is C38H45BrClN5O6S. The van der Waals surface area contributed by atoms with Gasteiger partial charge in [-0.2, -0.15) is 0 Å². The number of hydrogen-bond donors (Lipinski definition) is 1. The Labute approximate surface area is 319 Å². The lowest BCUT2D eigenvalue weighted by atomic mass is 9.72. The molecule has 1 aliphatic carbocycles. The molecule has 1 N–H and O–H groups in total. The van der Waals surface area contributed by atoms with Crippen molar-refractivity contribution in [3.8, 4) is 0 Å². The fourth-order valence-electron chi connectivity index (χ4n) is 7.40. The van der Waals surface area contributed by atoms with Gasteiger partial charge < -0.3 is 14.5 Å². The minimum absolute atomic E-state index is 0.0276. The van der Waals surface area contributed by atoms with Crippen molar-refractivity contribution in [1.82, 2.24) is 9.62 Å². The van der Waals surface area contributed by atoms with Crippen LogP contribution in [0, 0.1) is 15.5 Å². The molecule has 2 heterocycles. The first-order valence-electron chi connectivity index (χ1n) is 17.6. The van der Waals surface area contributed by atoms with Gasteiger partial charge in [0, 0.05) is 80.3 Å². The largest absolute Gasteiger partial charge is 0.381 e. The zero-order valence-corrected chi connectivity index (χ0v) is 32.9. The predicted molar refractivity (Wildman–Crippen MR) is 209 cm³/mol.